The third-order valence-electron chi connectivity index (χ3n) is 2.18. The number of ether oxygens (including phenoxy) is 1. The molecule has 0 aromatic heterocycles. The van der Waals surface area contributed by atoms with Crippen LogP contribution in [0, 0.1) is 0 Å². The fourth-order valence-electron chi connectivity index (χ4n) is 1.26. The van der Waals surface area contributed by atoms with E-state index in [1.54, 1.807) is 14.0 Å². The van der Waals surface area contributed by atoms with E-state index in [2.05, 4.69) is 0 Å². The van der Waals surface area contributed by atoms with E-state index in [-0.39, 0.29) is 6.54 Å². The van der Waals surface area contributed by atoms with Crippen LogP contribution in [0.15, 0.2) is 24.3 Å². The Labute approximate surface area is 84.5 Å². The molecule has 0 unspecified atom stereocenters. The molecule has 0 heterocycles. The summed E-state index contributed by atoms with van der Waals surface area (Å²) in [4.78, 5) is 0. The first-order valence-electron chi connectivity index (χ1n) is 4.63. The van der Waals surface area contributed by atoms with Gasteiger partial charge in [0, 0.05) is 13.0 Å². The minimum atomic E-state index is -0.825. The predicted molar refractivity (Wildman–Crippen MR) is 56.4 cm³/mol. The number of nitrogens with two attached hydrogens (primary N) is 1. The molecular formula is C11H17NO2. The highest BCUT2D eigenvalue weighted by molar-refractivity contribution is 5.28. The lowest BCUT2D eigenvalue weighted by Crippen LogP contribution is -2.36. The van der Waals surface area contributed by atoms with E-state index in [1.165, 1.54) is 0 Å². The highest BCUT2D eigenvalue weighted by Gasteiger charge is 2.18. The van der Waals surface area contributed by atoms with Crippen LogP contribution in [-0.2, 0) is 6.42 Å². The van der Waals surface area contributed by atoms with Crippen molar-refractivity contribution in [2.45, 2.75) is 18.9 Å². The van der Waals surface area contributed by atoms with Crippen molar-refractivity contribution < 1.29 is 9.84 Å². The van der Waals surface area contributed by atoms with Crippen molar-refractivity contribution in [1.29, 1.82) is 0 Å². The molecule has 1 aromatic carbocycles. The monoisotopic (exact) mass is 195 g/mol. The van der Waals surface area contributed by atoms with Gasteiger partial charge in [-0.1, -0.05) is 12.1 Å². The summed E-state index contributed by atoms with van der Waals surface area (Å²) in [6.07, 6.45) is 0.563. The standard InChI is InChI=1S/C11H17NO2/c1-11(13,8-12)7-9-3-5-10(14-2)6-4-9/h3-6,13H,7-8,12H2,1-2H3/t11-/m0/s1. The first kappa shape index (κ1) is 11.0. The fourth-order valence-corrected chi connectivity index (χ4v) is 1.26. The molecule has 0 saturated carbocycles. The summed E-state index contributed by atoms with van der Waals surface area (Å²) in [6, 6.07) is 7.62. The van der Waals surface area contributed by atoms with Gasteiger partial charge in [0.05, 0.1) is 12.7 Å². The van der Waals surface area contributed by atoms with Gasteiger partial charge in [-0.2, -0.15) is 0 Å². The Hall–Kier alpha value is -1.06. The second kappa shape index (κ2) is 4.44. The van der Waals surface area contributed by atoms with Crippen LogP contribution in [0.5, 0.6) is 5.75 Å². The lowest BCUT2D eigenvalue weighted by molar-refractivity contribution is 0.0696. The number of methoxy groups -OCH3 is 1. The molecule has 3 heteroatoms. The van der Waals surface area contributed by atoms with Crippen LogP contribution in [0.4, 0.5) is 0 Å². The topological polar surface area (TPSA) is 55.5 Å². The Balaban J connectivity index is 2.69. The molecule has 3 N–H and O–H groups in total. The average Bonchev–Trinajstić information content (AvgIpc) is 2.19. The molecule has 0 amide bonds. The van der Waals surface area contributed by atoms with Crippen LogP contribution >= 0.6 is 0 Å². The van der Waals surface area contributed by atoms with Crippen LogP contribution < -0.4 is 10.5 Å². The quantitative estimate of drug-likeness (QED) is 0.752. The Morgan fingerprint density at radius 3 is 2.36 bits per heavy atom. The van der Waals surface area contributed by atoms with Crippen molar-refractivity contribution >= 4 is 0 Å². The molecule has 0 radical (unpaired) electrons. The number of hydrogen-bond acceptors (Lipinski definition) is 3. The molecule has 0 bridgehead atoms. The van der Waals surface area contributed by atoms with Crippen molar-refractivity contribution in [3.63, 3.8) is 0 Å². The Morgan fingerprint density at radius 2 is 1.93 bits per heavy atom. The zero-order valence-electron chi connectivity index (χ0n) is 8.66. The van der Waals surface area contributed by atoms with E-state index in [0.29, 0.717) is 6.42 Å². The summed E-state index contributed by atoms with van der Waals surface area (Å²) in [5.41, 5.74) is 5.67. The lowest BCUT2D eigenvalue weighted by atomic mass is 9.97. The maximum atomic E-state index is 9.75. The minimum Gasteiger partial charge on any atom is -0.497 e. The minimum absolute atomic E-state index is 0.263. The van der Waals surface area contributed by atoms with Gasteiger partial charge in [-0.3, -0.25) is 0 Å². The van der Waals surface area contributed by atoms with Crippen LogP contribution in [0.25, 0.3) is 0 Å². The van der Waals surface area contributed by atoms with Crippen LogP contribution in [0.1, 0.15) is 12.5 Å². The fraction of sp³-hybridized carbons (Fsp3) is 0.455. The number of benzene rings is 1. The van der Waals surface area contributed by atoms with Gasteiger partial charge >= 0.3 is 0 Å². The molecule has 1 atom stereocenters. The number of aliphatic hydroxyl groups is 1. The van der Waals surface area contributed by atoms with E-state index in [4.69, 9.17) is 10.5 Å². The molecular weight excluding hydrogens is 178 g/mol. The van der Waals surface area contributed by atoms with Gasteiger partial charge in [0.2, 0.25) is 0 Å². The van der Waals surface area contributed by atoms with Crippen molar-refractivity contribution in [3.8, 4) is 5.75 Å². The molecule has 0 spiro atoms. The van der Waals surface area contributed by atoms with Crippen molar-refractivity contribution in [2.24, 2.45) is 5.73 Å². The molecule has 1 rings (SSSR count). The largest absolute Gasteiger partial charge is 0.497 e. The van der Waals surface area contributed by atoms with Crippen LogP contribution in [-0.4, -0.2) is 24.4 Å². The second-order valence-corrected chi connectivity index (χ2v) is 3.73. The maximum absolute atomic E-state index is 9.75. The summed E-state index contributed by atoms with van der Waals surface area (Å²) in [7, 11) is 1.63. The van der Waals surface area contributed by atoms with Gasteiger partial charge in [0.15, 0.2) is 0 Å². The summed E-state index contributed by atoms with van der Waals surface area (Å²) >= 11 is 0. The first-order chi connectivity index (χ1) is 6.57. The van der Waals surface area contributed by atoms with E-state index < -0.39 is 5.60 Å². The second-order valence-electron chi connectivity index (χ2n) is 3.73. The van der Waals surface area contributed by atoms with Gasteiger partial charge in [-0.05, 0) is 24.6 Å². The van der Waals surface area contributed by atoms with E-state index in [1.807, 2.05) is 24.3 Å². The van der Waals surface area contributed by atoms with Gasteiger partial charge < -0.3 is 15.6 Å². The van der Waals surface area contributed by atoms with Crippen LogP contribution in [0.2, 0.25) is 0 Å². The van der Waals surface area contributed by atoms with Gasteiger partial charge in [0.1, 0.15) is 5.75 Å². The highest BCUT2D eigenvalue weighted by Crippen LogP contribution is 2.16. The third kappa shape index (κ3) is 3.01. The molecule has 1 aromatic rings. The zero-order chi connectivity index (χ0) is 10.6. The predicted octanol–water partition coefficient (Wildman–Crippen LogP) is 0.947. The van der Waals surface area contributed by atoms with Crippen molar-refractivity contribution in [2.75, 3.05) is 13.7 Å². The smallest absolute Gasteiger partial charge is 0.118 e. The Bertz CT molecular complexity index is 280. The Morgan fingerprint density at radius 1 is 1.36 bits per heavy atom. The third-order valence-corrected chi connectivity index (χ3v) is 2.18. The zero-order valence-corrected chi connectivity index (χ0v) is 8.66. The van der Waals surface area contributed by atoms with Gasteiger partial charge in [-0.25, -0.2) is 0 Å². The molecule has 78 valence electrons. The SMILES string of the molecule is COc1ccc(C[C@](C)(O)CN)cc1. The maximum Gasteiger partial charge on any atom is 0.118 e. The summed E-state index contributed by atoms with van der Waals surface area (Å²) in [6.45, 7) is 2.00. The lowest BCUT2D eigenvalue weighted by Gasteiger charge is -2.20. The first-order valence-corrected chi connectivity index (χ1v) is 4.63. The van der Waals surface area contributed by atoms with Crippen molar-refractivity contribution in [1.82, 2.24) is 0 Å². The molecule has 0 aliphatic heterocycles. The van der Waals surface area contributed by atoms with E-state index >= 15 is 0 Å². The van der Waals surface area contributed by atoms with Crippen molar-refractivity contribution in [3.05, 3.63) is 29.8 Å². The summed E-state index contributed by atoms with van der Waals surface area (Å²) in [5.74, 6) is 0.821. The van der Waals surface area contributed by atoms with Gasteiger partial charge in [-0.15, -0.1) is 0 Å². The molecule has 0 saturated heterocycles. The van der Waals surface area contributed by atoms with E-state index in [0.717, 1.165) is 11.3 Å². The normalized spacial score (nSPS) is 14.9. The Kier molecular flexibility index (Phi) is 3.49. The molecule has 0 aliphatic rings. The number of hydrogen-bond donors (Lipinski definition) is 2. The molecule has 0 fully saturated rings. The van der Waals surface area contributed by atoms with E-state index in [9.17, 15) is 5.11 Å². The average molecular weight is 195 g/mol. The van der Waals surface area contributed by atoms with Crippen LogP contribution in [0.3, 0.4) is 0 Å². The summed E-state index contributed by atoms with van der Waals surface area (Å²) in [5, 5.41) is 9.75. The molecule has 0 aliphatic carbocycles. The number of rotatable bonds is 4. The highest BCUT2D eigenvalue weighted by atomic mass is 16.5. The van der Waals surface area contributed by atoms with Gasteiger partial charge in [0.25, 0.3) is 0 Å². The molecule has 14 heavy (non-hydrogen) atoms. The molecule has 3 nitrogen and oxygen atoms in total. The summed E-state index contributed by atoms with van der Waals surface area (Å²) < 4.78 is 5.04.